The predicted octanol–water partition coefficient (Wildman–Crippen LogP) is 3.01. The van der Waals surface area contributed by atoms with Gasteiger partial charge in [0.15, 0.2) is 12.0 Å². The van der Waals surface area contributed by atoms with Gasteiger partial charge in [-0.1, -0.05) is 25.3 Å². The molecule has 1 aromatic carbocycles. The maximum Gasteiger partial charge on any atom is 0.227 e. The molecular formula is C21H27N3O3. The third-order valence-corrected chi connectivity index (χ3v) is 5.87. The fourth-order valence-corrected chi connectivity index (χ4v) is 4.29. The Hall–Kier alpha value is -2.37. The first-order valence-electron chi connectivity index (χ1n) is 10.1. The molecule has 1 aliphatic carbocycles. The van der Waals surface area contributed by atoms with Gasteiger partial charge < -0.3 is 14.2 Å². The normalized spacial score (nSPS) is 19.3. The zero-order chi connectivity index (χ0) is 18.6. The summed E-state index contributed by atoms with van der Waals surface area (Å²) < 4.78 is 5.32. The van der Waals surface area contributed by atoms with Crippen LogP contribution in [0.5, 0.6) is 0 Å². The molecule has 0 N–H and O–H groups in total. The lowest BCUT2D eigenvalue weighted by Gasteiger charge is -2.28. The van der Waals surface area contributed by atoms with Gasteiger partial charge in [0.2, 0.25) is 11.8 Å². The summed E-state index contributed by atoms with van der Waals surface area (Å²) in [5.41, 5.74) is 2.45. The Kier molecular flexibility index (Phi) is 5.41. The standard InChI is InChI=1S/C21H27N3O3/c25-20(14-16-7-8-18-19(13-16)27-15-22-18)23-9-4-10-24(12-11-23)21(26)17-5-2-1-3-6-17/h7-8,13,15,17H,1-6,9-12,14H2. The van der Waals surface area contributed by atoms with Crippen molar-refractivity contribution in [2.24, 2.45) is 5.92 Å². The van der Waals surface area contributed by atoms with Crippen molar-refractivity contribution in [3.63, 3.8) is 0 Å². The average molecular weight is 369 g/mol. The molecule has 1 saturated heterocycles. The van der Waals surface area contributed by atoms with Crippen molar-refractivity contribution in [3.05, 3.63) is 30.2 Å². The molecule has 1 saturated carbocycles. The molecule has 2 fully saturated rings. The molecule has 0 radical (unpaired) electrons. The van der Waals surface area contributed by atoms with Gasteiger partial charge in [0.1, 0.15) is 5.52 Å². The number of hydrogen-bond donors (Lipinski definition) is 0. The van der Waals surface area contributed by atoms with Crippen molar-refractivity contribution in [1.29, 1.82) is 0 Å². The van der Waals surface area contributed by atoms with Gasteiger partial charge in [0.25, 0.3) is 0 Å². The van der Waals surface area contributed by atoms with Crippen LogP contribution in [-0.4, -0.2) is 52.8 Å². The maximum atomic E-state index is 12.8. The lowest BCUT2D eigenvalue weighted by atomic mass is 9.88. The highest BCUT2D eigenvalue weighted by atomic mass is 16.3. The van der Waals surface area contributed by atoms with E-state index in [2.05, 4.69) is 4.98 Å². The Balaban J connectivity index is 1.34. The van der Waals surface area contributed by atoms with Gasteiger partial charge in [0, 0.05) is 32.1 Å². The summed E-state index contributed by atoms with van der Waals surface area (Å²) >= 11 is 0. The molecule has 144 valence electrons. The van der Waals surface area contributed by atoms with Gasteiger partial charge in [-0.15, -0.1) is 0 Å². The highest BCUT2D eigenvalue weighted by molar-refractivity contribution is 5.82. The molecule has 27 heavy (non-hydrogen) atoms. The zero-order valence-corrected chi connectivity index (χ0v) is 15.7. The Labute approximate surface area is 159 Å². The number of carbonyl (C=O) groups excluding carboxylic acids is 2. The molecule has 2 aromatic rings. The van der Waals surface area contributed by atoms with E-state index in [1.807, 2.05) is 28.0 Å². The number of aromatic nitrogens is 1. The van der Waals surface area contributed by atoms with E-state index in [0.717, 1.165) is 43.4 Å². The molecule has 0 bridgehead atoms. The number of nitrogens with zero attached hydrogens (tertiary/aromatic N) is 3. The minimum atomic E-state index is 0.112. The maximum absolute atomic E-state index is 12.8. The monoisotopic (exact) mass is 369 g/mol. The highest BCUT2D eigenvalue weighted by Crippen LogP contribution is 2.26. The second-order valence-corrected chi connectivity index (χ2v) is 7.73. The van der Waals surface area contributed by atoms with Crippen LogP contribution in [0.2, 0.25) is 0 Å². The van der Waals surface area contributed by atoms with E-state index in [1.165, 1.54) is 25.7 Å². The van der Waals surface area contributed by atoms with Gasteiger partial charge in [-0.05, 0) is 37.0 Å². The smallest absolute Gasteiger partial charge is 0.227 e. The minimum Gasteiger partial charge on any atom is -0.443 e. The molecule has 2 aliphatic rings. The zero-order valence-electron chi connectivity index (χ0n) is 15.7. The number of carbonyl (C=O) groups is 2. The van der Waals surface area contributed by atoms with Crippen LogP contribution in [0, 0.1) is 5.92 Å². The van der Waals surface area contributed by atoms with E-state index in [0.29, 0.717) is 31.0 Å². The third-order valence-electron chi connectivity index (χ3n) is 5.87. The number of hydrogen-bond acceptors (Lipinski definition) is 4. The molecule has 1 aromatic heterocycles. The fraction of sp³-hybridized carbons (Fsp3) is 0.571. The van der Waals surface area contributed by atoms with Gasteiger partial charge in [0.05, 0.1) is 6.42 Å². The summed E-state index contributed by atoms with van der Waals surface area (Å²) in [7, 11) is 0. The lowest BCUT2D eigenvalue weighted by Crippen LogP contribution is -2.40. The van der Waals surface area contributed by atoms with Crippen molar-refractivity contribution in [2.45, 2.75) is 44.9 Å². The molecule has 6 heteroatoms. The number of amides is 2. The summed E-state index contributed by atoms with van der Waals surface area (Å²) in [6.07, 6.45) is 8.28. The number of oxazole rings is 1. The van der Waals surface area contributed by atoms with Crippen LogP contribution < -0.4 is 0 Å². The van der Waals surface area contributed by atoms with E-state index in [9.17, 15) is 9.59 Å². The summed E-state index contributed by atoms with van der Waals surface area (Å²) in [5, 5.41) is 0. The minimum absolute atomic E-state index is 0.112. The second-order valence-electron chi connectivity index (χ2n) is 7.73. The summed E-state index contributed by atoms with van der Waals surface area (Å²) in [5.74, 6) is 0.621. The number of rotatable bonds is 3. The quantitative estimate of drug-likeness (QED) is 0.834. The van der Waals surface area contributed by atoms with E-state index in [-0.39, 0.29) is 11.8 Å². The summed E-state index contributed by atoms with van der Waals surface area (Å²) in [6, 6.07) is 5.70. The average Bonchev–Trinajstić information content (AvgIpc) is 3.02. The van der Waals surface area contributed by atoms with E-state index >= 15 is 0 Å². The molecule has 2 amide bonds. The molecule has 0 unspecified atom stereocenters. The Morgan fingerprint density at radius 3 is 2.63 bits per heavy atom. The van der Waals surface area contributed by atoms with Crippen LogP contribution in [0.1, 0.15) is 44.1 Å². The van der Waals surface area contributed by atoms with Gasteiger partial charge in [-0.2, -0.15) is 0 Å². The van der Waals surface area contributed by atoms with Crippen LogP contribution in [0.3, 0.4) is 0 Å². The predicted molar refractivity (Wildman–Crippen MR) is 102 cm³/mol. The Morgan fingerprint density at radius 1 is 1.00 bits per heavy atom. The molecular weight excluding hydrogens is 342 g/mol. The molecule has 0 spiro atoms. The largest absolute Gasteiger partial charge is 0.443 e. The summed E-state index contributed by atoms with van der Waals surface area (Å²) in [4.78, 5) is 33.5. The van der Waals surface area contributed by atoms with E-state index < -0.39 is 0 Å². The molecule has 4 rings (SSSR count). The van der Waals surface area contributed by atoms with Crippen LogP contribution >= 0.6 is 0 Å². The Morgan fingerprint density at radius 2 is 1.78 bits per heavy atom. The first kappa shape index (κ1) is 18.0. The number of benzene rings is 1. The Bertz CT molecular complexity index is 810. The van der Waals surface area contributed by atoms with Gasteiger partial charge >= 0.3 is 0 Å². The second kappa shape index (κ2) is 8.11. The summed E-state index contributed by atoms with van der Waals surface area (Å²) in [6.45, 7) is 2.77. The van der Waals surface area contributed by atoms with E-state index in [4.69, 9.17) is 4.42 Å². The molecule has 6 nitrogen and oxygen atoms in total. The van der Waals surface area contributed by atoms with Crippen molar-refractivity contribution in [3.8, 4) is 0 Å². The van der Waals surface area contributed by atoms with Crippen molar-refractivity contribution < 1.29 is 14.0 Å². The number of fused-ring (bicyclic) bond motifs is 1. The molecule has 0 atom stereocenters. The first-order valence-corrected chi connectivity index (χ1v) is 10.1. The SMILES string of the molecule is O=C(Cc1ccc2ncoc2c1)N1CCCN(C(=O)C2CCCCC2)CC1. The van der Waals surface area contributed by atoms with Crippen LogP contribution in [0.15, 0.2) is 29.0 Å². The third kappa shape index (κ3) is 4.15. The lowest BCUT2D eigenvalue weighted by molar-refractivity contribution is -0.137. The fourth-order valence-electron chi connectivity index (χ4n) is 4.29. The van der Waals surface area contributed by atoms with Crippen molar-refractivity contribution in [2.75, 3.05) is 26.2 Å². The van der Waals surface area contributed by atoms with E-state index in [1.54, 1.807) is 0 Å². The van der Waals surface area contributed by atoms with Crippen LogP contribution in [-0.2, 0) is 16.0 Å². The van der Waals surface area contributed by atoms with Crippen LogP contribution in [0.4, 0.5) is 0 Å². The van der Waals surface area contributed by atoms with Gasteiger partial charge in [-0.3, -0.25) is 9.59 Å². The van der Waals surface area contributed by atoms with Crippen LogP contribution in [0.25, 0.3) is 11.1 Å². The van der Waals surface area contributed by atoms with Crippen molar-refractivity contribution in [1.82, 2.24) is 14.8 Å². The van der Waals surface area contributed by atoms with Crippen molar-refractivity contribution >= 4 is 22.9 Å². The topological polar surface area (TPSA) is 66.7 Å². The highest BCUT2D eigenvalue weighted by Gasteiger charge is 2.28. The first-order chi connectivity index (χ1) is 13.2. The van der Waals surface area contributed by atoms with Gasteiger partial charge in [-0.25, -0.2) is 4.98 Å². The molecule has 1 aliphatic heterocycles. The molecule has 2 heterocycles.